The van der Waals surface area contributed by atoms with Gasteiger partial charge in [-0.25, -0.2) is 0 Å². The fourth-order valence-electron chi connectivity index (χ4n) is 2.50. The molecule has 0 radical (unpaired) electrons. The lowest BCUT2D eigenvalue weighted by Gasteiger charge is -2.10. The van der Waals surface area contributed by atoms with Gasteiger partial charge in [-0.2, -0.15) is 0 Å². The number of aryl methyl sites for hydroxylation is 3. The van der Waals surface area contributed by atoms with Crippen molar-refractivity contribution >= 4 is 11.8 Å². The second-order valence-electron chi connectivity index (χ2n) is 5.98. The van der Waals surface area contributed by atoms with E-state index in [1.807, 2.05) is 63.2 Å². The van der Waals surface area contributed by atoms with Crippen LogP contribution in [0.25, 0.3) is 0 Å². The van der Waals surface area contributed by atoms with Crippen molar-refractivity contribution in [3.8, 4) is 11.5 Å². The number of hydrogen-bond donors (Lipinski definition) is 0. The summed E-state index contributed by atoms with van der Waals surface area (Å²) in [7, 11) is 0. The van der Waals surface area contributed by atoms with Gasteiger partial charge >= 0.3 is 0 Å². The zero-order valence-corrected chi connectivity index (χ0v) is 16.0. The molecule has 0 saturated heterocycles. The first kappa shape index (κ1) is 18.3. The van der Waals surface area contributed by atoms with E-state index in [1.165, 1.54) is 11.8 Å². The lowest BCUT2D eigenvalue weighted by Crippen LogP contribution is -2.02. The third kappa shape index (κ3) is 5.02. The molecule has 26 heavy (non-hydrogen) atoms. The highest BCUT2D eigenvalue weighted by Crippen LogP contribution is 2.23. The Bertz CT molecular complexity index is 844. The van der Waals surface area contributed by atoms with Crippen LogP contribution in [-0.4, -0.2) is 22.6 Å². The number of rotatable bonds is 8. The van der Waals surface area contributed by atoms with Crippen LogP contribution in [0.2, 0.25) is 0 Å². The molecule has 6 heteroatoms. The Morgan fingerprint density at radius 1 is 0.962 bits per heavy atom. The summed E-state index contributed by atoms with van der Waals surface area (Å²) in [5, 5.41) is 8.58. The highest BCUT2D eigenvalue weighted by Gasteiger charge is 2.08. The van der Waals surface area contributed by atoms with Crippen LogP contribution >= 0.6 is 11.8 Å². The molecule has 0 bridgehead atoms. The molecule has 0 aliphatic heterocycles. The molecule has 0 spiro atoms. The number of para-hydroxylation sites is 1. The van der Waals surface area contributed by atoms with Crippen molar-refractivity contribution < 1.29 is 13.9 Å². The van der Waals surface area contributed by atoms with E-state index in [0.29, 0.717) is 17.7 Å². The third-order valence-electron chi connectivity index (χ3n) is 3.76. The number of aromatic nitrogens is 2. The van der Waals surface area contributed by atoms with Crippen LogP contribution in [0.5, 0.6) is 11.5 Å². The molecule has 3 aromatic rings. The first-order chi connectivity index (χ1) is 12.6. The molecule has 3 rings (SSSR count). The van der Waals surface area contributed by atoms with E-state index in [9.17, 15) is 0 Å². The van der Waals surface area contributed by atoms with Gasteiger partial charge in [-0.05, 0) is 49.6 Å². The van der Waals surface area contributed by atoms with Crippen molar-refractivity contribution in [1.82, 2.24) is 10.2 Å². The Morgan fingerprint density at radius 2 is 1.73 bits per heavy atom. The van der Waals surface area contributed by atoms with Gasteiger partial charge in [0.05, 0.1) is 6.61 Å². The highest BCUT2D eigenvalue weighted by atomic mass is 32.2. The Kier molecular flexibility index (Phi) is 6.17. The molecule has 0 unspecified atom stereocenters. The summed E-state index contributed by atoms with van der Waals surface area (Å²) in [6.45, 7) is 6.96. The van der Waals surface area contributed by atoms with E-state index in [4.69, 9.17) is 13.9 Å². The Morgan fingerprint density at radius 3 is 2.50 bits per heavy atom. The van der Waals surface area contributed by atoms with Crippen molar-refractivity contribution in [2.45, 2.75) is 32.6 Å². The van der Waals surface area contributed by atoms with Crippen LogP contribution in [0.3, 0.4) is 0 Å². The molecule has 0 N–H and O–H groups in total. The molecule has 0 saturated carbocycles. The van der Waals surface area contributed by atoms with Crippen LogP contribution < -0.4 is 9.47 Å². The van der Waals surface area contributed by atoms with E-state index in [1.54, 1.807) is 0 Å². The number of benzene rings is 2. The fraction of sp³-hybridized carbons (Fsp3) is 0.300. The maximum atomic E-state index is 5.88. The minimum absolute atomic E-state index is 0.260. The summed E-state index contributed by atoms with van der Waals surface area (Å²) in [4.78, 5) is 0. The number of ether oxygens (including phenoxy) is 2. The zero-order valence-electron chi connectivity index (χ0n) is 15.2. The van der Waals surface area contributed by atoms with Crippen LogP contribution in [0.4, 0.5) is 0 Å². The van der Waals surface area contributed by atoms with E-state index < -0.39 is 0 Å². The first-order valence-electron chi connectivity index (χ1n) is 8.45. The van der Waals surface area contributed by atoms with Crippen molar-refractivity contribution in [2.75, 3.05) is 12.4 Å². The van der Waals surface area contributed by atoms with Gasteiger partial charge in [0.2, 0.25) is 0 Å². The zero-order chi connectivity index (χ0) is 18.4. The van der Waals surface area contributed by atoms with E-state index >= 15 is 0 Å². The van der Waals surface area contributed by atoms with Crippen molar-refractivity contribution in [2.24, 2.45) is 0 Å². The normalized spacial score (nSPS) is 10.7. The van der Waals surface area contributed by atoms with Crippen LogP contribution in [0.1, 0.15) is 22.6 Å². The monoisotopic (exact) mass is 370 g/mol. The average Bonchev–Trinajstić information content (AvgIpc) is 3.07. The topological polar surface area (TPSA) is 57.4 Å². The van der Waals surface area contributed by atoms with Gasteiger partial charge in [0.25, 0.3) is 11.1 Å². The number of hydrogen-bond acceptors (Lipinski definition) is 6. The second-order valence-corrected chi connectivity index (χ2v) is 7.03. The molecule has 0 atom stereocenters. The molecule has 136 valence electrons. The summed E-state index contributed by atoms with van der Waals surface area (Å²) in [6.07, 6.45) is 0. The molecular weight excluding hydrogens is 348 g/mol. The summed E-state index contributed by atoms with van der Waals surface area (Å²) < 4.78 is 17.1. The molecule has 0 aliphatic rings. The SMILES string of the molecule is Cc1cccc(OCc2nnc(SCCOc3c(C)cccc3C)o2)c1. The smallest absolute Gasteiger partial charge is 0.276 e. The van der Waals surface area contributed by atoms with Crippen LogP contribution in [0, 0.1) is 20.8 Å². The lowest BCUT2D eigenvalue weighted by atomic mass is 10.1. The van der Waals surface area contributed by atoms with Crippen molar-refractivity contribution in [3.05, 3.63) is 65.0 Å². The van der Waals surface area contributed by atoms with Gasteiger partial charge in [-0.3, -0.25) is 0 Å². The molecule has 0 aliphatic carbocycles. The maximum absolute atomic E-state index is 5.88. The first-order valence-corrected chi connectivity index (χ1v) is 9.44. The van der Waals surface area contributed by atoms with Gasteiger partial charge in [-0.15, -0.1) is 10.2 Å². The Hall–Kier alpha value is -2.47. The fourth-order valence-corrected chi connectivity index (χ4v) is 3.10. The Labute approximate surface area is 157 Å². The van der Waals surface area contributed by atoms with E-state index in [-0.39, 0.29) is 6.61 Å². The van der Waals surface area contributed by atoms with Gasteiger partial charge in [-0.1, -0.05) is 42.1 Å². The van der Waals surface area contributed by atoms with Crippen molar-refractivity contribution in [3.63, 3.8) is 0 Å². The average molecular weight is 370 g/mol. The van der Waals surface area contributed by atoms with Gasteiger partial charge in [0.1, 0.15) is 11.5 Å². The summed E-state index contributed by atoms with van der Waals surface area (Å²) in [5.74, 6) is 2.93. The Balaban J connectivity index is 1.44. The molecule has 1 aromatic heterocycles. The quantitative estimate of drug-likeness (QED) is 0.421. The van der Waals surface area contributed by atoms with Gasteiger partial charge < -0.3 is 13.9 Å². The third-order valence-corrected chi connectivity index (χ3v) is 4.55. The van der Waals surface area contributed by atoms with E-state index in [2.05, 4.69) is 10.2 Å². The molecule has 0 fully saturated rings. The summed E-state index contributed by atoms with van der Waals surface area (Å²) in [6, 6.07) is 14.0. The van der Waals surface area contributed by atoms with Crippen molar-refractivity contribution in [1.29, 1.82) is 0 Å². The van der Waals surface area contributed by atoms with E-state index in [0.717, 1.165) is 33.9 Å². The standard InChI is InChI=1S/C20H22N2O3S/c1-14-6-4-9-17(12-14)24-13-18-21-22-20(25-18)26-11-10-23-19-15(2)7-5-8-16(19)3/h4-9,12H,10-11,13H2,1-3H3. The lowest BCUT2D eigenvalue weighted by molar-refractivity contribution is 0.252. The van der Waals surface area contributed by atoms with Crippen LogP contribution in [0.15, 0.2) is 52.1 Å². The predicted octanol–water partition coefficient (Wildman–Crippen LogP) is 4.74. The van der Waals surface area contributed by atoms with Crippen LogP contribution in [-0.2, 0) is 6.61 Å². The number of thioether (sulfide) groups is 1. The highest BCUT2D eigenvalue weighted by molar-refractivity contribution is 7.99. The number of nitrogens with zero attached hydrogens (tertiary/aromatic N) is 2. The maximum Gasteiger partial charge on any atom is 0.276 e. The summed E-state index contributed by atoms with van der Waals surface area (Å²) in [5.41, 5.74) is 3.43. The summed E-state index contributed by atoms with van der Waals surface area (Å²) >= 11 is 1.48. The molecule has 5 nitrogen and oxygen atoms in total. The van der Waals surface area contributed by atoms with Gasteiger partial charge in [0.15, 0.2) is 6.61 Å². The largest absolute Gasteiger partial charge is 0.492 e. The predicted molar refractivity (Wildman–Crippen MR) is 102 cm³/mol. The second kappa shape index (κ2) is 8.76. The minimum atomic E-state index is 0.260. The minimum Gasteiger partial charge on any atom is -0.492 e. The molecule has 2 aromatic carbocycles. The molecule has 0 amide bonds. The molecule has 1 heterocycles. The molecular formula is C20H22N2O3S. The van der Waals surface area contributed by atoms with Gasteiger partial charge in [0, 0.05) is 5.75 Å².